The van der Waals surface area contributed by atoms with Gasteiger partial charge in [-0.05, 0) is 42.9 Å². The minimum atomic E-state index is 0.473. The van der Waals surface area contributed by atoms with Gasteiger partial charge in [0.1, 0.15) is 5.82 Å². The quantitative estimate of drug-likeness (QED) is 0.917. The Balaban J connectivity index is 1.43. The highest BCUT2D eigenvalue weighted by atomic mass is 15.3. The number of piperidine rings is 1. The number of hydrogen-bond acceptors (Lipinski definition) is 4. The largest absolute Gasteiger partial charge is 0.351 e. The highest BCUT2D eigenvalue weighted by Gasteiger charge is 2.38. The second-order valence-electron chi connectivity index (χ2n) is 7.44. The lowest BCUT2D eigenvalue weighted by Gasteiger charge is -2.47. The number of anilines is 2. The molecule has 2 aliphatic carbocycles. The van der Waals surface area contributed by atoms with Crippen LogP contribution in [0.5, 0.6) is 0 Å². The van der Waals surface area contributed by atoms with Crippen molar-refractivity contribution in [2.24, 2.45) is 0 Å². The summed E-state index contributed by atoms with van der Waals surface area (Å²) in [5, 5.41) is 3.53. The van der Waals surface area contributed by atoms with Gasteiger partial charge in [-0.1, -0.05) is 37.1 Å². The van der Waals surface area contributed by atoms with E-state index in [4.69, 9.17) is 4.98 Å². The zero-order chi connectivity index (χ0) is 15.9. The van der Waals surface area contributed by atoms with Gasteiger partial charge in [0.15, 0.2) is 0 Å². The van der Waals surface area contributed by atoms with Crippen LogP contribution in [-0.2, 0) is 0 Å². The number of fused-ring (bicyclic) bond motifs is 2. The molecule has 0 amide bonds. The summed E-state index contributed by atoms with van der Waals surface area (Å²) < 4.78 is 0. The Morgan fingerprint density at radius 3 is 2.67 bits per heavy atom. The highest BCUT2D eigenvalue weighted by molar-refractivity contribution is 5.52. The first-order valence-electron chi connectivity index (χ1n) is 9.33. The standard InChI is InChI=1S/C20H24N4/c1-2-6-15(5-1)22-20-21-12-11-19(23-20)24-13-14-9-10-18(24)17-8-4-3-7-16(14)17/h3-4,7-8,11-12,14-15,18H,1-2,5-6,9-10,13H2,(H,21,22,23)/t14-,18+/m0/s1. The normalized spacial score (nSPS) is 25.8. The maximum Gasteiger partial charge on any atom is 0.224 e. The first-order valence-corrected chi connectivity index (χ1v) is 9.33. The third kappa shape index (κ3) is 2.36. The molecule has 3 heterocycles. The van der Waals surface area contributed by atoms with Crippen LogP contribution in [0.1, 0.15) is 61.6 Å². The summed E-state index contributed by atoms with van der Waals surface area (Å²) in [7, 11) is 0. The zero-order valence-corrected chi connectivity index (χ0v) is 14.0. The van der Waals surface area contributed by atoms with Crippen molar-refractivity contribution in [2.75, 3.05) is 16.8 Å². The summed E-state index contributed by atoms with van der Waals surface area (Å²) in [6, 6.07) is 12.1. The molecule has 1 aromatic carbocycles. The van der Waals surface area contributed by atoms with E-state index in [-0.39, 0.29) is 0 Å². The number of hydrogen-bond donors (Lipinski definition) is 1. The van der Waals surface area contributed by atoms with Gasteiger partial charge >= 0.3 is 0 Å². The van der Waals surface area contributed by atoms with Crippen molar-refractivity contribution in [1.82, 2.24) is 9.97 Å². The van der Waals surface area contributed by atoms with Crippen molar-refractivity contribution in [3.63, 3.8) is 0 Å². The Morgan fingerprint density at radius 1 is 0.958 bits per heavy atom. The number of nitrogens with zero attached hydrogens (tertiary/aromatic N) is 3. The van der Waals surface area contributed by atoms with Gasteiger partial charge in [0, 0.05) is 24.7 Å². The Labute approximate surface area is 143 Å². The molecule has 6 rings (SSSR count). The molecule has 124 valence electrons. The lowest BCUT2D eigenvalue weighted by atomic mass is 9.75. The average molecular weight is 320 g/mol. The SMILES string of the molecule is c1ccc2c(c1)[C@H]1CC[C@H]2N(c2ccnc(NC3CCCC3)n2)C1. The van der Waals surface area contributed by atoms with Crippen LogP contribution in [0.2, 0.25) is 0 Å². The highest BCUT2D eigenvalue weighted by Crippen LogP contribution is 2.47. The maximum atomic E-state index is 4.86. The molecule has 2 aromatic rings. The molecule has 2 fully saturated rings. The van der Waals surface area contributed by atoms with Crippen LogP contribution in [-0.4, -0.2) is 22.6 Å². The fourth-order valence-electron chi connectivity index (χ4n) is 4.82. The van der Waals surface area contributed by atoms with E-state index in [1.54, 1.807) is 5.56 Å². The van der Waals surface area contributed by atoms with Gasteiger partial charge in [-0.3, -0.25) is 0 Å². The van der Waals surface area contributed by atoms with Crippen LogP contribution < -0.4 is 10.2 Å². The van der Waals surface area contributed by atoms with Crippen LogP contribution in [0, 0.1) is 0 Å². The topological polar surface area (TPSA) is 41.1 Å². The van der Waals surface area contributed by atoms with Crippen molar-refractivity contribution in [3.05, 3.63) is 47.7 Å². The van der Waals surface area contributed by atoms with Crippen LogP contribution in [0.25, 0.3) is 0 Å². The molecule has 0 radical (unpaired) electrons. The van der Waals surface area contributed by atoms with Gasteiger partial charge in [-0.25, -0.2) is 4.98 Å². The molecule has 0 unspecified atom stereocenters. The number of nitrogens with one attached hydrogen (secondary N) is 1. The molecule has 24 heavy (non-hydrogen) atoms. The molecule has 1 aromatic heterocycles. The van der Waals surface area contributed by atoms with Gasteiger partial charge < -0.3 is 10.2 Å². The lowest BCUT2D eigenvalue weighted by Crippen LogP contribution is -2.43. The molecule has 1 saturated carbocycles. The molecule has 0 spiro atoms. The number of benzene rings is 1. The van der Waals surface area contributed by atoms with Crippen molar-refractivity contribution in [1.29, 1.82) is 0 Å². The average Bonchev–Trinajstić information content (AvgIpc) is 3.16. The molecule has 1 N–H and O–H groups in total. The van der Waals surface area contributed by atoms with Crippen LogP contribution in [0.4, 0.5) is 11.8 Å². The van der Waals surface area contributed by atoms with Gasteiger partial charge in [-0.15, -0.1) is 0 Å². The van der Waals surface area contributed by atoms with E-state index < -0.39 is 0 Å². The van der Waals surface area contributed by atoms with Gasteiger partial charge in [0.2, 0.25) is 5.95 Å². The minimum absolute atomic E-state index is 0.473. The van der Waals surface area contributed by atoms with Crippen molar-refractivity contribution in [2.45, 2.75) is 56.5 Å². The maximum absolute atomic E-state index is 4.86. The van der Waals surface area contributed by atoms with Gasteiger partial charge in [-0.2, -0.15) is 4.98 Å². The molecule has 2 bridgehead atoms. The lowest BCUT2D eigenvalue weighted by molar-refractivity contribution is 0.387. The summed E-state index contributed by atoms with van der Waals surface area (Å²) in [6.07, 6.45) is 9.58. The fourth-order valence-corrected chi connectivity index (χ4v) is 4.82. The summed E-state index contributed by atoms with van der Waals surface area (Å²) in [5.41, 5.74) is 3.06. The predicted octanol–water partition coefficient (Wildman–Crippen LogP) is 4.27. The van der Waals surface area contributed by atoms with E-state index in [0.29, 0.717) is 18.0 Å². The van der Waals surface area contributed by atoms with Crippen molar-refractivity contribution in [3.8, 4) is 0 Å². The second kappa shape index (κ2) is 5.76. The van der Waals surface area contributed by atoms with Gasteiger partial charge in [0.25, 0.3) is 0 Å². The Bertz CT molecular complexity index is 738. The third-order valence-corrected chi connectivity index (χ3v) is 6.00. The van der Waals surface area contributed by atoms with E-state index in [0.717, 1.165) is 18.3 Å². The van der Waals surface area contributed by atoms with Crippen molar-refractivity contribution >= 4 is 11.8 Å². The second-order valence-corrected chi connectivity index (χ2v) is 7.44. The van der Waals surface area contributed by atoms with E-state index in [1.165, 1.54) is 44.1 Å². The van der Waals surface area contributed by atoms with Crippen LogP contribution in [0.3, 0.4) is 0 Å². The predicted molar refractivity (Wildman–Crippen MR) is 96.4 cm³/mol. The molecule has 4 heteroatoms. The molecular weight excluding hydrogens is 296 g/mol. The molecule has 1 saturated heterocycles. The van der Waals surface area contributed by atoms with Crippen LogP contribution in [0.15, 0.2) is 36.5 Å². The summed E-state index contributed by atoms with van der Waals surface area (Å²) >= 11 is 0. The van der Waals surface area contributed by atoms with E-state index in [2.05, 4.69) is 45.5 Å². The Kier molecular flexibility index (Phi) is 3.42. The van der Waals surface area contributed by atoms with Gasteiger partial charge in [0.05, 0.1) is 6.04 Å². The Hall–Kier alpha value is -2.10. The minimum Gasteiger partial charge on any atom is -0.351 e. The van der Waals surface area contributed by atoms with E-state index in [9.17, 15) is 0 Å². The molecular formula is C20H24N4. The van der Waals surface area contributed by atoms with E-state index >= 15 is 0 Å². The van der Waals surface area contributed by atoms with Crippen LogP contribution >= 0.6 is 0 Å². The molecule has 2 atom stereocenters. The monoisotopic (exact) mass is 320 g/mol. The molecule has 4 aliphatic rings. The summed E-state index contributed by atoms with van der Waals surface area (Å²) in [4.78, 5) is 11.8. The third-order valence-electron chi connectivity index (χ3n) is 6.00. The zero-order valence-electron chi connectivity index (χ0n) is 14.0. The smallest absolute Gasteiger partial charge is 0.224 e. The molecule has 4 nitrogen and oxygen atoms in total. The first-order chi connectivity index (χ1) is 11.9. The number of rotatable bonds is 3. The van der Waals surface area contributed by atoms with E-state index in [1.807, 2.05) is 6.20 Å². The summed E-state index contributed by atoms with van der Waals surface area (Å²) in [6.45, 7) is 1.08. The number of aromatic nitrogens is 2. The molecule has 2 aliphatic heterocycles. The summed E-state index contributed by atoms with van der Waals surface area (Å²) in [5.74, 6) is 2.52. The fraction of sp³-hybridized carbons (Fsp3) is 0.500. The van der Waals surface area contributed by atoms with Crippen molar-refractivity contribution < 1.29 is 0 Å². The Morgan fingerprint density at radius 2 is 1.79 bits per heavy atom. The first kappa shape index (κ1) is 14.3.